The maximum atomic E-state index is 14.5. The van der Waals surface area contributed by atoms with E-state index in [1.165, 1.54) is 25.6 Å². The molecule has 1 heterocycles. The number of para-hydroxylation sites is 1. The third kappa shape index (κ3) is 4.25. The summed E-state index contributed by atoms with van der Waals surface area (Å²) in [7, 11) is -2.41. The number of aromatic nitrogens is 2. The minimum Gasteiger partial charge on any atom is -0.492 e. The first-order chi connectivity index (χ1) is 14.3. The van der Waals surface area contributed by atoms with E-state index in [4.69, 9.17) is 10.5 Å². The second-order valence-corrected chi connectivity index (χ2v) is 8.18. The third-order valence-corrected chi connectivity index (χ3v) is 5.70. The molecule has 3 aromatic rings. The summed E-state index contributed by atoms with van der Waals surface area (Å²) in [6.45, 7) is 1.72. The van der Waals surface area contributed by atoms with Crippen molar-refractivity contribution in [2.45, 2.75) is 13.3 Å². The fraction of sp³-hybridized carbons (Fsp3) is 0.211. The summed E-state index contributed by atoms with van der Waals surface area (Å²) in [5, 5.41) is 2.91. The van der Waals surface area contributed by atoms with Crippen LogP contribution in [0.25, 0.3) is 10.9 Å². The van der Waals surface area contributed by atoms with Crippen molar-refractivity contribution >= 4 is 44.0 Å². The van der Waals surface area contributed by atoms with Crippen molar-refractivity contribution in [2.75, 3.05) is 28.6 Å². The molecule has 30 heavy (non-hydrogen) atoms. The monoisotopic (exact) mass is 433 g/mol. The van der Waals surface area contributed by atoms with Crippen molar-refractivity contribution in [3.63, 3.8) is 0 Å². The van der Waals surface area contributed by atoms with Gasteiger partial charge in [-0.25, -0.2) is 22.8 Å². The average molecular weight is 433 g/mol. The zero-order chi connectivity index (χ0) is 21.9. The SMILES string of the molecule is CCCS(=O)(=O)Nc1ccc(F)c(NC(=O)c2cccc3c(N)ncnc23)c1OC. The molecule has 0 radical (unpaired) electrons. The van der Waals surface area contributed by atoms with Gasteiger partial charge in [0, 0.05) is 5.39 Å². The van der Waals surface area contributed by atoms with Gasteiger partial charge in [-0.3, -0.25) is 9.52 Å². The van der Waals surface area contributed by atoms with Gasteiger partial charge < -0.3 is 15.8 Å². The third-order valence-electron chi connectivity index (χ3n) is 4.23. The highest BCUT2D eigenvalue weighted by atomic mass is 32.2. The van der Waals surface area contributed by atoms with Crippen LogP contribution in [-0.4, -0.2) is 37.2 Å². The van der Waals surface area contributed by atoms with Gasteiger partial charge >= 0.3 is 0 Å². The van der Waals surface area contributed by atoms with Crippen LogP contribution in [0.2, 0.25) is 0 Å². The number of carbonyl (C=O) groups excluding carboxylic acids is 1. The summed E-state index contributed by atoms with van der Waals surface area (Å²) in [4.78, 5) is 20.9. The van der Waals surface area contributed by atoms with Gasteiger partial charge in [0.1, 0.15) is 17.8 Å². The van der Waals surface area contributed by atoms with Gasteiger partial charge in [0.15, 0.2) is 11.6 Å². The molecule has 0 fully saturated rings. The highest BCUT2D eigenvalue weighted by Gasteiger charge is 2.22. The molecule has 9 nitrogen and oxygen atoms in total. The molecule has 1 aromatic heterocycles. The number of nitrogens with zero attached hydrogens (tertiary/aromatic N) is 2. The fourth-order valence-corrected chi connectivity index (χ4v) is 4.06. The molecule has 11 heteroatoms. The Kier molecular flexibility index (Phi) is 6.01. The first-order valence-electron chi connectivity index (χ1n) is 8.95. The Bertz CT molecular complexity index is 1220. The van der Waals surface area contributed by atoms with E-state index in [-0.39, 0.29) is 34.3 Å². The number of hydrogen-bond acceptors (Lipinski definition) is 7. The van der Waals surface area contributed by atoms with Crippen LogP contribution in [0, 0.1) is 5.82 Å². The number of carbonyl (C=O) groups is 1. The average Bonchev–Trinajstić information content (AvgIpc) is 2.70. The highest BCUT2D eigenvalue weighted by Crippen LogP contribution is 2.36. The first-order valence-corrected chi connectivity index (χ1v) is 10.6. The Morgan fingerprint density at radius 1 is 1.23 bits per heavy atom. The molecule has 0 unspecified atom stereocenters. The predicted molar refractivity (Wildman–Crippen MR) is 113 cm³/mol. The number of amides is 1. The molecule has 1 amide bonds. The molecular weight excluding hydrogens is 413 g/mol. The number of hydrogen-bond donors (Lipinski definition) is 3. The Hall–Kier alpha value is -3.47. The van der Waals surface area contributed by atoms with Gasteiger partial charge in [-0.05, 0) is 30.7 Å². The largest absolute Gasteiger partial charge is 0.492 e. The second-order valence-electron chi connectivity index (χ2n) is 6.34. The number of anilines is 3. The van der Waals surface area contributed by atoms with E-state index in [0.29, 0.717) is 17.3 Å². The number of nitrogens with two attached hydrogens (primary N) is 1. The van der Waals surface area contributed by atoms with Crippen LogP contribution in [0.15, 0.2) is 36.7 Å². The highest BCUT2D eigenvalue weighted by molar-refractivity contribution is 7.92. The van der Waals surface area contributed by atoms with Gasteiger partial charge in [-0.15, -0.1) is 0 Å². The van der Waals surface area contributed by atoms with Crippen LogP contribution in [0.4, 0.5) is 21.6 Å². The number of rotatable bonds is 7. The van der Waals surface area contributed by atoms with Gasteiger partial charge in [0.2, 0.25) is 10.0 Å². The van der Waals surface area contributed by atoms with Crippen LogP contribution >= 0.6 is 0 Å². The number of halogens is 1. The van der Waals surface area contributed by atoms with Gasteiger partial charge in [0.05, 0.1) is 29.6 Å². The minimum atomic E-state index is -3.66. The molecule has 0 aliphatic rings. The minimum absolute atomic E-state index is 0.00661. The Balaban J connectivity index is 2.02. The lowest BCUT2D eigenvalue weighted by Gasteiger charge is -2.17. The van der Waals surface area contributed by atoms with E-state index < -0.39 is 21.7 Å². The van der Waals surface area contributed by atoms with Crippen LogP contribution in [0.1, 0.15) is 23.7 Å². The summed E-state index contributed by atoms with van der Waals surface area (Å²) < 4.78 is 46.3. The van der Waals surface area contributed by atoms with Crippen molar-refractivity contribution in [1.82, 2.24) is 9.97 Å². The molecule has 0 bridgehead atoms. The first kappa shape index (κ1) is 21.2. The summed E-state index contributed by atoms with van der Waals surface area (Å²) >= 11 is 0. The van der Waals surface area contributed by atoms with Gasteiger partial charge in [-0.1, -0.05) is 13.0 Å². The number of methoxy groups -OCH3 is 1. The maximum absolute atomic E-state index is 14.5. The number of nitrogen functional groups attached to an aromatic ring is 1. The van der Waals surface area contributed by atoms with E-state index in [1.807, 2.05) is 0 Å². The molecule has 2 aromatic carbocycles. The molecule has 0 atom stereocenters. The lowest BCUT2D eigenvalue weighted by molar-refractivity contribution is 0.102. The summed E-state index contributed by atoms with van der Waals surface area (Å²) in [5.74, 6) is -1.55. The van der Waals surface area contributed by atoms with Crippen LogP contribution in [0.5, 0.6) is 5.75 Å². The van der Waals surface area contributed by atoms with E-state index in [2.05, 4.69) is 20.0 Å². The normalized spacial score (nSPS) is 11.3. The molecule has 3 rings (SSSR count). The Labute approximate surface area is 172 Å². The molecule has 0 saturated heterocycles. The number of nitrogens with one attached hydrogen (secondary N) is 2. The number of fused-ring (bicyclic) bond motifs is 1. The van der Waals surface area contributed by atoms with Crippen LogP contribution < -0.4 is 20.5 Å². The Morgan fingerprint density at radius 3 is 2.70 bits per heavy atom. The molecule has 0 spiro atoms. The predicted octanol–water partition coefficient (Wildman–Crippen LogP) is 2.76. The zero-order valence-electron chi connectivity index (χ0n) is 16.3. The van der Waals surface area contributed by atoms with Crippen LogP contribution in [-0.2, 0) is 10.0 Å². The number of ether oxygens (including phenoxy) is 1. The van der Waals surface area contributed by atoms with Crippen molar-refractivity contribution in [2.24, 2.45) is 0 Å². The molecule has 158 valence electrons. The second kappa shape index (κ2) is 8.49. The van der Waals surface area contributed by atoms with E-state index >= 15 is 0 Å². The summed E-state index contributed by atoms with van der Waals surface area (Å²) in [6.07, 6.45) is 1.62. The number of benzene rings is 2. The zero-order valence-corrected chi connectivity index (χ0v) is 17.1. The molecule has 0 aliphatic carbocycles. The lowest BCUT2D eigenvalue weighted by Crippen LogP contribution is -2.19. The van der Waals surface area contributed by atoms with E-state index in [9.17, 15) is 17.6 Å². The lowest BCUT2D eigenvalue weighted by atomic mass is 10.1. The van der Waals surface area contributed by atoms with Crippen molar-refractivity contribution in [1.29, 1.82) is 0 Å². The van der Waals surface area contributed by atoms with Crippen molar-refractivity contribution < 1.29 is 22.3 Å². The fourth-order valence-electron chi connectivity index (χ4n) is 2.93. The van der Waals surface area contributed by atoms with Crippen molar-refractivity contribution in [3.05, 3.63) is 48.0 Å². The maximum Gasteiger partial charge on any atom is 0.258 e. The quantitative estimate of drug-likeness (QED) is 0.521. The Morgan fingerprint density at radius 2 is 2.00 bits per heavy atom. The number of sulfonamides is 1. The molecule has 0 saturated carbocycles. The van der Waals surface area contributed by atoms with E-state index in [1.54, 1.807) is 19.1 Å². The van der Waals surface area contributed by atoms with Crippen molar-refractivity contribution in [3.8, 4) is 5.75 Å². The smallest absolute Gasteiger partial charge is 0.258 e. The molecule has 0 aliphatic heterocycles. The topological polar surface area (TPSA) is 136 Å². The molecule has 4 N–H and O–H groups in total. The van der Waals surface area contributed by atoms with E-state index in [0.717, 1.165) is 6.07 Å². The van der Waals surface area contributed by atoms with Crippen LogP contribution in [0.3, 0.4) is 0 Å². The molecular formula is C19H20FN5O4S. The van der Waals surface area contributed by atoms with Gasteiger partial charge in [-0.2, -0.15) is 0 Å². The summed E-state index contributed by atoms with van der Waals surface area (Å²) in [6, 6.07) is 7.02. The standard InChI is InChI=1S/C19H20FN5O4S/c1-3-9-30(27,28)25-14-8-7-13(20)16(17(14)29-2)24-19(26)12-6-4-5-11-15(12)22-10-23-18(11)21/h4-8,10,25H,3,9H2,1-2H3,(H,24,26)(H2,21,22,23). The summed E-state index contributed by atoms with van der Waals surface area (Å²) in [5.41, 5.74) is 5.95. The van der Waals surface area contributed by atoms with Gasteiger partial charge in [0.25, 0.3) is 5.91 Å².